The van der Waals surface area contributed by atoms with E-state index in [0.717, 1.165) is 61.4 Å². The number of likely N-dealkylation sites (tertiary alicyclic amines) is 2. The second kappa shape index (κ2) is 7.54. The van der Waals surface area contributed by atoms with Gasteiger partial charge in [0.2, 0.25) is 5.28 Å². The average molecular weight is 392 g/mol. The summed E-state index contributed by atoms with van der Waals surface area (Å²) >= 11 is 6.17. The summed E-state index contributed by atoms with van der Waals surface area (Å²) in [7, 11) is 0. The van der Waals surface area contributed by atoms with Gasteiger partial charge in [-0.15, -0.1) is 0 Å². The molecule has 3 fully saturated rings. The molecule has 5 rings (SSSR count). The normalized spacial score (nSPS) is 23.1. The van der Waals surface area contributed by atoms with E-state index in [1.165, 1.54) is 32.4 Å². The number of fused-ring (bicyclic) bond motifs is 1. The molecule has 0 saturated carbocycles. The summed E-state index contributed by atoms with van der Waals surface area (Å²) in [4.78, 5) is 16.1. The second-order valence-corrected chi connectivity index (χ2v) is 8.08. The molecule has 2 aromatic rings. The van der Waals surface area contributed by atoms with Gasteiger partial charge in [0, 0.05) is 38.3 Å². The number of aromatic nitrogens is 2. The number of nitrogens with zero attached hydrogens (tertiary/aromatic N) is 5. The van der Waals surface area contributed by atoms with Crippen molar-refractivity contribution in [2.75, 3.05) is 57.4 Å². The topological polar surface area (TPSA) is 57.9 Å². The van der Waals surface area contributed by atoms with Crippen molar-refractivity contribution in [3.63, 3.8) is 0 Å². The number of furan rings is 1. The minimum Gasteiger partial charge on any atom is -0.454 e. The summed E-state index contributed by atoms with van der Waals surface area (Å²) < 4.78 is 11.6. The number of ether oxygens (including phenoxy) is 1. The Hall–Kier alpha value is -1.41. The van der Waals surface area contributed by atoms with E-state index in [1.807, 2.05) is 6.07 Å². The Bertz CT molecular complexity index is 795. The van der Waals surface area contributed by atoms with E-state index in [1.54, 1.807) is 0 Å². The van der Waals surface area contributed by atoms with Crippen LogP contribution in [0.25, 0.3) is 11.1 Å². The zero-order valence-electron chi connectivity index (χ0n) is 15.6. The summed E-state index contributed by atoms with van der Waals surface area (Å²) in [5.41, 5.74) is 1.54. The monoisotopic (exact) mass is 391 g/mol. The predicted octanol–water partition coefficient (Wildman–Crippen LogP) is 2.38. The SMILES string of the molecule is Clc1nc(N2CCOCC2)c2oc(CN3CCC(N4CCC4)CC3)cc2n1. The lowest BCUT2D eigenvalue weighted by Gasteiger charge is -2.42. The van der Waals surface area contributed by atoms with Gasteiger partial charge in [0.15, 0.2) is 11.4 Å². The highest BCUT2D eigenvalue weighted by Gasteiger charge is 2.28. The van der Waals surface area contributed by atoms with E-state index in [-0.39, 0.29) is 5.28 Å². The van der Waals surface area contributed by atoms with Gasteiger partial charge in [-0.2, -0.15) is 4.98 Å². The summed E-state index contributed by atoms with van der Waals surface area (Å²) in [6.07, 6.45) is 3.88. The van der Waals surface area contributed by atoms with Crippen LogP contribution in [0.5, 0.6) is 0 Å². The summed E-state index contributed by atoms with van der Waals surface area (Å²) in [6, 6.07) is 2.80. The van der Waals surface area contributed by atoms with Crippen molar-refractivity contribution < 1.29 is 9.15 Å². The van der Waals surface area contributed by atoms with Crippen LogP contribution in [0.1, 0.15) is 25.0 Å². The number of hydrogen-bond acceptors (Lipinski definition) is 7. The lowest BCUT2D eigenvalue weighted by molar-refractivity contribution is 0.0593. The molecule has 0 N–H and O–H groups in total. The number of morpholine rings is 1. The van der Waals surface area contributed by atoms with Crippen LogP contribution in [-0.2, 0) is 11.3 Å². The molecule has 5 heterocycles. The Morgan fingerprint density at radius 3 is 2.52 bits per heavy atom. The van der Waals surface area contributed by atoms with Crippen LogP contribution in [0.3, 0.4) is 0 Å². The third kappa shape index (κ3) is 3.66. The van der Waals surface area contributed by atoms with Crippen molar-refractivity contribution in [1.82, 2.24) is 19.8 Å². The molecule has 27 heavy (non-hydrogen) atoms. The van der Waals surface area contributed by atoms with Crippen molar-refractivity contribution in [2.45, 2.75) is 31.8 Å². The molecule has 2 aromatic heterocycles. The lowest BCUT2D eigenvalue weighted by Crippen LogP contribution is -2.50. The quantitative estimate of drug-likeness (QED) is 0.741. The fourth-order valence-corrected chi connectivity index (χ4v) is 4.54. The summed E-state index contributed by atoms with van der Waals surface area (Å²) in [5, 5.41) is 0.270. The Kier molecular flexibility index (Phi) is 4.94. The first-order valence-corrected chi connectivity index (χ1v) is 10.4. The van der Waals surface area contributed by atoms with Gasteiger partial charge < -0.3 is 19.0 Å². The summed E-state index contributed by atoms with van der Waals surface area (Å²) in [5.74, 6) is 1.73. The molecule has 0 unspecified atom stereocenters. The largest absolute Gasteiger partial charge is 0.454 e. The molecule has 0 amide bonds. The molecule has 0 aliphatic carbocycles. The first kappa shape index (κ1) is 17.7. The molecular formula is C19H26ClN5O2. The molecule has 7 nitrogen and oxygen atoms in total. The van der Waals surface area contributed by atoms with E-state index in [9.17, 15) is 0 Å². The van der Waals surface area contributed by atoms with E-state index >= 15 is 0 Å². The predicted molar refractivity (Wildman–Crippen MR) is 104 cm³/mol. The van der Waals surface area contributed by atoms with E-state index in [0.29, 0.717) is 13.2 Å². The second-order valence-electron chi connectivity index (χ2n) is 7.74. The molecule has 3 aliphatic heterocycles. The first-order valence-electron chi connectivity index (χ1n) is 10.0. The minimum absolute atomic E-state index is 0.270. The highest BCUT2D eigenvalue weighted by atomic mass is 35.5. The van der Waals surface area contributed by atoms with Gasteiger partial charge in [-0.3, -0.25) is 4.90 Å². The Balaban J connectivity index is 1.31. The average Bonchev–Trinajstić information content (AvgIpc) is 3.04. The minimum atomic E-state index is 0.270. The van der Waals surface area contributed by atoms with E-state index in [2.05, 4.69) is 24.7 Å². The zero-order valence-corrected chi connectivity index (χ0v) is 16.3. The maximum Gasteiger partial charge on any atom is 0.225 e. The Labute approximate surface area is 164 Å². The molecule has 0 radical (unpaired) electrons. The van der Waals surface area contributed by atoms with Crippen LogP contribution in [0.2, 0.25) is 5.28 Å². The van der Waals surface area contributed by atoms with Crippen molar-refractivity contribution >= 4 is 28.5 Å². The standard InChI is InChI=1S/C19H26ClN5O2/c20-19-21-16-12-15(13-23-6-2-14(3-7-23)24-4-1-5-24)27-17(16)18(22-19)25-8-10-26-11-9-25/h12,14H,1-11,13H2. The highest BCUT2D eigenvalue weighted by Crippen LogP contribution is 2.30. The number of rotatable bonds is 4. The van der Waals surface area contributed by atoms with Gasteiger partial charge in [0.25, 0.3) is 0 Å². The highest BCUT2D eigenvalue weighted by molar-refractivity contribution is 6.28. The van der Waals surface area contributed by atoms with Crippen LogP contribution in [0.15, 0.2) is 10.5 Å². The molecule has 146 valence electrons. The molecule has 0 aromatic carbocycles. The molecule has 3 saturated heterocycles. The van der Waals surface area contributed by atoms with Crippen LogP contribution >= 0.6 is 11.6 Å². The maximum atomic E-state index is 6.20. The number of hydrogen-bond donors (Lipinski definition) is 0. The van der Waals surface area contributed by atoms with Crippen molar-refractivity contribution in [3.8, 4) is 0 Å². The Morgan fingerprint density at radius 2 is 1.81 bits per heavy atom. The summed E-state index contributed by atoms with van der Waals surface area (Å²) in [6.45, 7) is 8.64. The van der Waals surface area contributed by atoms with Gasteiger partial charge >= 0.3 is 0 Å². The van der Waals surface area contributed by atoms with Crippen LogP contribution in [0, 0.1) is 0 Å². The van der Waals surface area contributed by atoms with Crippen molar-refractivity contribution in [1.29, 1.82) is 0 Å². The lowest BCUT2D eigenvalue weighted by atomic mass is 10.00. The molecule has 8 heteroatoms. The molecule has 0 atom stereocenters. The van der Waals surface area contributed by atoms with Crippen molar-refractivity contribution in [3.05, 3.63) is 17.1 Å². The third-order valence-corrected chi connectivity index (χ3v) is 6.20. The zero-order chi connectivity index (χ0) is 18.2. The maximum absolute atomic E-state index is 6.20. The molecule has 0 spiro atoms. The first-order chi connectivity index (χ1) is 13.3. The molecule has 0 bridgehead atoms. The van der Waals surface area contributed by atoms with Crippen molar-refractivity contribution in [2.24, 2.45) is 0 Å². The van der Waals surface area contributed by atoms with Crippen LogP contribution in [-0.4, -0.2) is 78.3 Å². The van der Waals surface area contributed by atoms with Gasteiger partial charge in [0.05, 0.1) is 19.8 Å². The number of anilines is 1. The van der Waals surface area contributed by atoms with Gasteiger partial charge in [0.1, 0.15) is 11.3 Å². The third-order valence-electron chi connectivity index (χ3n) is 6.03. The van der Waals surface area contributed by atoms with E-state index < -0.39 is 0 Å². The Morgan fingerprint density at radius 1 is 1.04 bits per heavy atom. The van der Waals surface area contributed by atoms with Gasteiger partial charge in [-0.05, 0) is 44.0 Å². The van der Waals surface area contributed by atoms with Crippen LogP contribution in [0.4, 0.5) is 5.82 Å². The smallest absolute Gasteiger partial charge is 0.225 e. The molecule has 3 aliphatic rings. The fraction of sp³-hybridized carbons (Fsp3) is 0.684. The molecular weight excluding hydrogens is 366 g/mol. The van der Waals surface area contributed by atoms with E-state index in [4.69, 9.17) is 20.8 Å². The van der Waals surface area contributed by atoms with Gasteiger partial charge in [-0.1, -0.05) is 0 Å². The van der Waals surface area contributed by atoms with Crippen LogP contribution < -0.4 is 4.90 Å². The van der Waals surface area contributed by atoms with Gasteiger partial charge in [-0.25, -0.2) is 4.98 Å². The number of halogens is 1. The fourth-order valence-electron chi connectivity index (χ4n) is 4.37. The number of piperidine rings is 1.